The molecule has 0 bridgehead atoms. The van der Waals surface area contributed by atoms with Gasteiger partial charge in [-0.25, -0.2) is 18.4 Å². The predicted octanol–water partition coefficient (Wildman–Crippen LogP) is 3.16. The SMILES string of the molecule is C=C(c1ccccc1)[C@](O)(Cn1cncn1)c1ccc(F)cc1F. The molecule has 1 N–H and O–H groups in total. The Morgan fingerprint density at radius 2 is 1.92 bits per heavy atom. The molecule has 0 aliphatic carbocycles. The van der Waals surface area contributed by atoms with Crippen molar-refractivity contribution in [1.82, 2.24) is 14.8 Å². The Balaban J connectivity index is 2.11. The maximum absolute atomic E-state index is 14.4. The maximum atomic E-state index is 14.4. The van der Waals surface area contributed by atoms with Gasteiger partial charge < -0.3 is 5.11 Å². The lowest BCUT2D eigenvalue weighted by atomic mass is 9.82. The molecule has 2 aromatic carbocycles. The Kier molecular flexibility index (Phi) is 4.22. The van der Waals surface area contributed by atoms with Crippen LogP contribution in [0.1, 0.15) is 11.1 Å². The number of nitrogens with zero attached hydrogens (tertiary/aromatic N) is 3. The zero-order chi connectivity index (χ0) is 17.2. The van der Waals surface area contributed by atoms with E-state index < -0.39 is 17.2 Å². The van der Waals surface area contributed by atoms with E-state index in [9.17, 15) is 13.9 Å². The van der Waals surface area contributed by atoms with Gasteiger partial charge in [0.1, 0.15) is 29.9 Å². The van der Waals surface area contributed by atoms with E-state index >= 15 is 0 Å². The van der Waals surface area contributed by atoms with Crippen LogP contribution in [0, 0.1) is 11.6 Å². The minimum atomic E-state index is -1.81. The van der Waals surface area contributed by atoms with Gasteiger partial charge in [0, 0.05) is 11.6 Å². The Morgan fingerprint density at radius 3 is 2.54 bits per heavy atom. The van der Waals surface area contributed by atoms with Crippen molar-refractivity contribution in [2.45, 2.75) is 12.1 Å². The lowest BCUT2D eigenvalue weighted by Gasteiger charge is -2.31. The molecule has 0 saturated heterocycles. The lowest BCUT2D eigenvalue weighted by molar-refractivity contribution is 0.0726. The van der Waals surface area contributed by atoms with E-state index in [1.165, 1.54) is 23.4 Å². The van der Waals surface area contributed by atoms with E-state index in [0.29, 0.717) is 5.56 Å². The van der Waals surface area contributed by atoms with E-state index in [4.69, 9.17) is 0 Å². The third kappa shape index (κ3) is 2.96. The zero-order valence-corrected chi connectivity index (χ0v) is 12.7. The number of hydrogen-bond acceptors (Lipinski definition) is 3. The molecule has 0 unspecified atom stereocenters. The highest BCUT2D eigenvalue weighted by Gasteiger charge is 2.37. The van der Waals surface area contributed by atoms with Crippen LogP contribution >= 0.6 is 0 Å². The van der Waals surface area contributed by atoms with Crippen molar-refractivity contribution in [3.63, 3.8) is 0 Å². The molecule has 4 nitrogen and oxygen atoms in total. The van der Waals surface area contributed by atoms with Crippen LogP contribution in [-0.4, -0.2) is 19.9 Å². The lowest BCUT2D eigenvalue weighted by Crippen LogP contribution is -2.34. The van der Waals surface area contributed by atoms with Crippen molar-refractivity contribution in [3.8, 4) is 0 Å². The Labute approximate surface area is 137 Å². The molecule has 0 saturated carbocycles. The number of aliphatic hydroxyl groups is 1. The van der Waals surface area contributed by atoms with Gasteiger partial charge in [0.25, 0.3) is 0 Å². The van der Waals surface area contributed by atoms with Gasteiger partial charge in [-0.1, -0.05) is 36.9 Å². The van der Waals surface area contributed by atoms with Crippen molar-refractivity contribution in [2.75, 3.05) is 0 Å². The molecular formula is C18H15F2N3O. The van der Waals surface area contributed by atoms with Gasteiger partial charge in [-0.3, -0.25) is 0 Å². The van der Waals surface area contributed by atoms with Crippen molar-refractivity contribution in [2.24, 2.45) is 0 Å². The number of rotatable bonds is 5. The highest BCUT2D eigenvalue weighted by Crippen LogP contribution is 2.37. The third-order valence-corrected chi connectivity index (χ3v) is 3.86. The van der Waals surface area contributed by atoms with Crippen LogP contribution in [0.2, 0.25) is 0 Å². The molecule has 0 aliphatic rings. The monoisotopic (exact) mass is 327 g/mol. The quantitative estimate of drug-likeness (QED) is 0.783. The van der Waals surface area contributed by atoms with Gasteiger partial charge in [0.15, 0.2) is 0 Å². The molecule has 3 rings (SSSR count). The molecule has 0 spiro atoms. The second kappa shape index (κ2) is 6.33. The Bertz CT molecular complexity index is 850. The largest absolute Gasteiger partial charge is 0.378 e. The maximum Gasteiger partial charge on any atom is 0.137 e. The summed E-state index contributed by atoms with van der Waals surface area (Å²) in [5, 5.41) is 15.3. The first-order valence-corrected chi connectivity index (χ1v) is 7.26. The molecule has 1 aromatic heterocycles. The molecule has 0 fully saturated rings. The smallest absolute Gasteiger partial charge is 0.137 e. The van der Waals surface area contributed by atoms with Crippen LogP contribution in [0.15, 0.2) is 67.8 Å². The number of benzene rings is 2. The topological polar surface area (TPSA) is 50.9 Å². The second-order valence-corrected chi connectivity index (χ2v) is 5.42. The van der Waals surface area contributed by atoms with Gasteiger partial charge in [0.05, 0.1) is 6.54 Å². The minimum Gasteiger partial charge on any atom is -0.378 e. The number of aromatic nitrogens is 3. The first-order valence-electron chi connectivity index (χ1n) is 7.26. The summed E-state index contributed by atoms with van der Waals surface area (Å²) in [7, 11) is 0. The molecule has 122 valence electrons. The zero-order valence-electron chi connectivity index (χ0n) is 12.7. The van der Waals surface area contributed by atoms with Gasteiger partial charge in [-0.05, 0) is 23.3 Å². The Hall–Kier alpha value is -2.86. The van der Waals surface area contributed by atoms with Crippen LogP contribution in [-0.2, 0) is 12.1 Å². The minimum absolute atomic E-state index is 0.0757. The molecule has 3 aromatic rings. The fraction of sp³-hybridized carbons (Fsp3) is 0.111. The summed E-state index contributed by atoms with van der Waals surface area (Å²) in [4.78, 5) is 3.83. The highest BCUT2D eigenvalue weighted by atomic mass is 19.1. The molecule has 0 aliphatic heterocycles. The fourth-order valence-corrected chi connectivity index (χ4v) is 2.59. The summed E-state index contributed by atoms with van der Waals surface area (Å²) in [6.07, 6.45) is 2.72. The van der Waals surface area contributed by atoms with Crippen LogP contribution in [0.3, 0.4) is 0 Å². The van der Waals surface area contributed by atoms with Gasteiger partial charge in [-0.2, -0.15) is 5.10 Å². The normalized spacial score (nSPS) is 13.5. The van der Waals surface area contributed by atoms with Crippen LogP contribution in [0.4, 0.5) is 8.78 Å². The molecule has 6 heteroatoms. The van der Waals surface area contributed by atoms with Gasteiger partial charge in [0.2, 0.25) is 0 Å². The van der Waals surface area contributed by atoms with Crippen molar-refractivity contribution in [3.05, 3.63) is 90.5 Å². The first kappa shape index (κ1) is 16.0. The standard InChI is InChI=1S/C18H15F2N3O/c1-13(14-5-3-2-4-6-14)18(24,10-23-12-21-11-22-23)16-8-7-15(19)9-17(16)20/h2-9,11-12,24H,1,10H2/t18-/m1/s1. The molecule has 24 heavy (non-hydrogen) atoms. The van der Waals surface area contributed by atoms with Crippen molar-refractivity contribution < 1.29 is 13.9 Å². The summed E-state index contributed by atoms with van der Waals surface area (Å²) in [6.45, 7) is 3.84. The average Bonchev–Trinajstić information content (AvgIpc) is 3.07. The van der Waals surface area contributed by atoms with Gasteiger partial charge in [-0.15, -0.1) is 0 Å². The van der Waals surface area contributed by atoms with Crippen LogP contribution in [0.25, 0.3) is 5.57 Å². The molecular weight excluding hydrogens is 312 g/mol. The summed E-state index contributed by atoms with van der Waals surface area (Å²) in [6, 6.07) is 12.0. The summed E-state index contributed by atoms with van der Waals surface area (Å²) >= 11 is 0. The van der Waals surface area contributed by atoms with Crippen molar-refractivity contribution in [1.29, 1.82) is 0 Å². The molecule has 1 heterocycles. The van der Waals surface area contributed by atoms with E-state index in [1.807, 2.05) is 6.07 Å². The molecule has 1 atom stereocenters. The van der Waals surface area contributed by atoms with E-state index in [0.717, 1.165) is 12.1 Å². The summed E-state index contributed by atoms with van der Waals surface area (Å²) in [5.74, 6) is -1.57. The van der Waals surface area contributed by atoms with E-state index in [2.05, 4.69) is 16.7 Å². The highest BCUT2D eigenvalue weighted by molar-refractivity contribution is 5.72. The summed E-state index contributed by atoms with van der Waals surface area (Å²) < 4.78 is 29.0. The van der Waals surface area contributed by atoms with E-state index in [1.54, 1.807) is 24.3 Å². The molecule has 0 amide bonds. The Morgan fingerprint density at radius 1 is 1.17 bits per heavy atom. The first-order chi connectivity index (χ1) is 11.5. The van der Waals surface area contributed by atoms with E-state index in [-0.39, 0.29) is 17.7 Å². The van der Waals surface area contributed by atoms with Crippen LogP contribution in [0.5, 0.6) is 0 Å². The summed E-state index contributed by atoms with van der Waals surface area (Å²) in [5.41, 5.74) is -0.964. The van der Waals surface area contributed by atoms with Gasteiger partial charge >= 0.3 is 0 Å². The average molecular weight is 327 g/mol. The number of halogens is 2. The van der Waals surface area contributed by atoms with Crippen LogP contribution < -0.4 is 0 Å². The third-order valence-electron chi connectivity index (χ3n) is 3.86. The van der Waals surface area contributed by atoms with Crippen molar-refractivity contribution >= 4 is 5.57 Å². The molecule has 0 radical (unpaired) electrons. The second-order valence-electron chi connectivity index (χ2n) is 5.42. The fourth-order valence-electron chi connectivity index (χ4n) is 2.59. The predicted molar refractivity (Wildman–Crippen MR) is 85.8 cm³/mol. The number of hydrogen-bond donors (Lipinski definition) is 1.